The number of hydrogen-bond acceptors (Lipinski definition) is 7. The number of benzene rings is 1. The maximum Gasteiger partial charge on any atom is 0.573 e. The van der Waals surface area contributed by atoms with Crippen molar-refractivity contribution in [3.8, 4) is 23.0 Å². The van der Waals surface area contributed by atoms with E-state index in [9.17, 15) is 35.9 Å². The average Bonchev–Trinajstić information content (AvgIpc) is 2.78. The van der Waals surface area contributed by atoms with Gasteiger partial charge in [-0.15, -0.1) is 13.2 Å². The van der Waals surface area contributed by atoms with Crippen LogP contribution in [0.5, 0.6) is 23.0 Å². The number of pyridine rings is 2. The number of amides is 2. The summed E-state index contributed by atoms with van der Waals surface area (Å²) in [5.41, 5.74) is 3.07. The summed E-state index contributed by atoms with van der Waals surface area (Å²) in [5.74, 6) is -3.99. The van der Waals surface area contributed by atoms with Crippen molar-refractivity contribution in [1.29, 1.82) is 0 Å². The Morgan fingerprint density at radius 3 is 2.15 bits per heavy atom. The van der Waals surface area contributed by atoms with Crippen molar-refractivity contribution in [3.63, 3.8) is 0 Å². The Morgan fingerprint density at radius 2 is 1.56 bits per heavy atom. The molecule has 2 amide bonds. The van der Waals surface area contributed by atoms with Gasteiger partial charge in [0.05, 0.1) is 5.56 Å². The number of carbonyl (C=O) groups is 2. The molecule has 39 heavy (non-hydrogen) atoms. The molecule has 2 heterocycles. The molecule has 0 fully saturated rings. The Hall–Kier alpha value is -4.37. The van der Waals surface area contributed by atoms with Gasteiger partial charge in [-0.1, -0.05) is 0 Å². The second-order valence-electron chi connectivity index (χ2n) is 8.79. The Balaban J connectivity index is 2.06. The van der Waals surface area contributed by atoms with Gasteiger partial charge in [0.2, 0.25) is 0 Å². The number of ether oxygens (including phenoxy) is 3. The van der Waals surface area contributed by atoms with Gasteiger partial charge in [-0.25, -0.2) is 4.98 Å². The minimum absolute atomic E-state index is 0.0156. The van der Waals surface area contributed by atoms with Crippen LogP contribution >= 0.6 is 0 Å². The first-order valence-electron chi connectivity index (χ1n) is 10.8. The molecule has 0 saturated heterocycles. The van der Waals surface area contributed by atoms with Crippen LogP contribution < -0.4 is 25.3 Å². The molecule has 3 aromatic rings. The lowest BCUT2D eigenvalue weighted by molar-refractivity contribution is -0.274. The van der Waals surface area contributed by atoms with E-state index >= 15 is 0 Å². The Labute approximate surface area is 219 Å². The minimum atomic E-state index is -5.03. The number of nitrogens with one attached hydrogen (secondary N) is 1. The summed E-state index contributed by atoms with van der Waals surface area (Å²) in [5, 5.41) is 1.35. The van der Waals surface area contributed by atoms with Crippen LogP contribution in [-0.4, -0.2) is 57.0 Å². The van der Waals surface area contributed by atoms with E-state index in [-0.39, 0.29) is 22.9 Å². The second kappa shape index (κ2) is 10.8. The second-order valence-corrected chi connectivity index (χ2v) is 8.79. The fraction of sp³-hybridized carbons (Fsp3) is 0.143. The molecular formula is C21H17B3F6N4O5. The maximum absolute atomic E-state index is 13.4. The van der Waals surface area contributed by atoms with Gasteiger partial charge < -0.3 is 25.3 Å². The zero-order valence-corrected chi connectivity index (χ0v) is 20.4. The fourth-order valence-corrected chi connectivity index (χ4v) is 2.98. The van der Waals surface area contributed by atoms with Crippen molar-refractivity contribution in [2.24, 2.45) is 5.73 Å². The van der Waals surface area contributed by atoms with Crippen molar-refractivity contribution < 1.29 is 50.1 Å². The number of halogens is 6. The van der Waals surface area contributed by atoms with Gasteiger partial charge in [0.15, 0.2) is 22.9 Å². The first-order valence-corrected chi connectivity index (χ1v) is 10.8. The molecule has 0 aliphatic heterocycles. The Bertz CT molecular complexity index is 1400. The van der Waals surface area contributed by atoms with E-state index in [0.29, 0.717) is 12.3 Å². The summed E-state index contributed by atoms with van der Waals surface area (Å²) < 4.78 is 93.5. The lowest BCUT2D eigenvalue weighted by Crippen LogP contribution is -2.37. The van der Waals surface area contributed by atoms with Gasteiger partial charge in [-0.05, 0) is 30.3 Å². The lowest BCUT2D eigenvalue weighted by atomic mass is 9.52. The minimum Gasteiger partial charge on any atom is -0.510 e. The van der Waals surface area contributed by atoms with Crippen LogP contribution in [-0.2, 0) is 6.18 Å². The summed E-state index contributed by atoms with van der Waals surface area (Å²) in [6.45, 7) is 0. The molecular weight excluding hydrogens is 535 g/mol. The molecule has 0 spiro atoms. The van der Waals surface area contributed by atoms with Crippen LogP contribution in [0.15, 0.2) is 48.8 Å². The standard InChI is InChI=1S/C21H17B3F6N4O5/c22-20(23,24)39-14-7-11(38-21(28,29)30)1-2-13(14)37-15-5-9(19(25,26)27)8-33-16(15)18(36)34-10-3-4-32-12(6-10)17(31)35/h1-8H,22-24H2,(H2,31,35)(H,32,34,36). The maximum atomic E-state index is 13.4. The number of rotatable bonds is 8. The Morgan fingerprint density at radius 1 is 0.872 bits per heavy atom. The van der Waals surface area contributed by atoms with E-state index in [1.54, 1.807) is 23.5 Å². The van der Waals surface area contributed by atoms with Crippen molar-refractivity contribution in [3.05, 3.63) is 65.7 Å². The summed E-state index contributed by atoms with van der Waals surface area (Å²) in [6.07, 6.45) is -8.35. The normalized spacial score (nSPS) is 11.9. The molecule has 18 heteroatoms. The highest BCUT2D eigenvalue weighted by molar-refractivity contribution is 6.58. The van der Waals surface area contributed by atoms with Gasteiger partial charge in [-0.3, -0.25) is 14.6 Å². The summed E-state index contributed by atoms with van der Waals surface area (Å²) in [7, 11) is 4.69. The number of hydrogen-bond donors (Lipinski definition) is 2. The van der Waals surface area contributed by atoms with Crippen LogP contribution in [0.2, 0.25) is 0 Å². The smallest absolute Gasteiger partial charge is 0.510 e. The molecule has 202 valence electrons. The van der Waals surface area contributed by atoms with Gasteiger partial charge in [0, 0.05) is 29.4 Å². The molecule has 0 saturated carbocycles. The summed E-state index contributed by atoms with van der Waals surface area (Å²) in [4.78, 5) is 31.6. The Kier molecular flexibility index (Phi) is 8.07. The fourth-order valence-electron chi connectivity index (χ4n) is 2.98. The van der Waals surface area contributed by atoms with Crippen molar-refractivity contribution in [2.75, 3.05) is 5.32 Å². The number of primary amides is 1. The third kappa shape index (κ3) is 8.31. The topological polar surface area (TPSA) is 126 Å². The highest BCUT2D eigenvalue weighted by Crippen LogP contribution is 2.40. The van der Waals surface area contributed by atoms with E-state index in [1.807, 2.05) is 0 Å². The van der Waals surface area contributed by atoms with Crippen LogP contribution in [0, 0.1) is 0 Å². The van der Waals surface area contributed by atoms with Crippen LogP contribution in [0.3, 0.4) is 0 Å². The molecule has 0 unspecified atom stereocenters. The monoisotopic (exact) mass is 552 g/mol. The SMILES string of the molecule is BC(B)(B)Oc1cc(OC(F)(F)F)ccc1Oc1cc(C(F)(F)F)cnc1C(=O)Nc1ccnc(C(N)=O)c1. The van der Waals surface area contributed by atoms with E-state index in [0.717, 1.165) is 30.5 Å². The van der Waals surface area contributed by atoms with Gasteiger partial charge >= 0.3 is 12.5 Å². The molecule has 3 N–H and O–H groups in total. The number of alkyl halides is 6. The first-order chi connectivity index (χ1) is 17.9. The highest BCUT2D eigenvalue weighted by Gasteiger charge is 2.34. The summed E-state index contributed by atoms with van der Waals surface area (Å²) in [6, 6.07) is 5.54. The average molecular weight is 552 g/mol. The number of carbonyl (C=O) groups excluding carboxylic acids is 2. The molecule has 0 bridgehead atoms. The van der Waals surface area contributed by atoms with Gasteiger partial charge in [0.1, 0.15) is 35.0 Å². The molecule has 0 aliphatic rings. The quantitative estimate of drug-likeness (QED) is 0.320. The third-order valence-electron chi connectivity index (χ3n) is 4.45. The molecule has 0 aliphatic carbocycles. The van der Waals surface area contributed by atoms with E-state index in [1.165, 1.54) is 6.07 Å². The lowest BCUT2D eigenvalue weighted by Gasteiger charge is -2.24. The van der Waals surface area contributed by atoms with Crippen molar-refractivity contribution >= 4 is 41.0 Å². The summed E-state index contributed by atoms with van der Waals surface area (Å²) >= 11 is 0. The largest absolute Gasteiger partial charge is 0.573 e. The van der Waals surface area contributed by atoms with E-state index < -0.39 is 52.4 Å². The van der Waals surface area contributed by atoms with Crippen LogP contribution in [0.25, 0.3) is 0 Å². The van der Waals surface area contributed by atoms with Crippen molar-refractivity contribution in [2.45, 2.75) is 17.8 Å². The van der Waals surface area contributed by atoms with E-state index in [4.69, 9.17) is 15.2 Å². The molecule has 3 rings (SSSR count). The highest BCUT2D eigenvalue weighted by atomic mass is 19.4. The predicted octanol–water partition coefficient (Wildman–Crippen LogP) is 1.43. The third-order valence-corrected chi connectivity index (χ3v) is 4.45. The van der Waals surface area contributed by atoms with Crippen LogP contribution in [0.1, 0.15) is 26.5 Å². The number of aromatic nitrogens is 2. The molecule has 0 atom stereocenters. The first kappa shape index (κ1) is 29.2. The zero-order valence-electron chi connectivity index (χ0n) is 20.4. The predicted molar refractivity (Wildman–Crippen MR) is 132 cm³/mol. The molecule has 1 aromatic carbocycles. The zero-order chi connectivity index (χ0) is 29.2. The number of nitrogens with two attached hydrogens (primary N) is 1. The van der Waals surface area contributed by atoms with Gasteiger partial charge in [-0.2, -0.15) is 13.2 Å². The molecule has 9 nitrogen and oxygen atoms in total. The van der Waals surface area contributed by atoms with Crippen LogP contribution in [0.4, 0.5) is 32.0 Å². The van der Waals surface area contributed by atoms with E-state index in [2.05, 4.69) is 20.0 Å². The van der Waals surface area contributed by atoms with Gasteiger partial charge in [0.25, 0.3) is 11.8 Å². The molecule has 2 aromatic heterocycles. The number of anilines is 1. The molecule has 0 radical (unpaired) electrons. The number of nitrogens with zero attached hydrogens (tertiary/aromatic N) is 2. The van der Waals surface area contributed by atoms with Crippen molar-refractivity contribution in [1.82, 2.24) is 9.97 Å².